The molecule has 3 heteroatoms. The Labute approximate surface area is 109 Å². The molecule has 0 saturated carbocycles. The Kier molecular flexibility index (Phi) is 4.90. The molecule has 0 aliphatic carbocycles. The van der Waals surface area contributed by atoms with E-state index in [0.29, 0.717) is 6.54 Å². The number of nitrogens with zero attached hydrogens (tertiary/aromatic N) is 1. The Hall–Kier alpha value is -1.19. The van der Waals surface area contributed by atoms with E-state index >= 15 is 0 Å². The maximum absolute atomic E-state index is 11.7. The number of likely N-dealkylation sites (N-methyl/N-ethyl adjacent to an activating group) is 1. The lowest BCUT2D eigenvalue weighted by Crippen LogP contribution is -2.22. The van der Waals surface area contributed by atoms with Crippen LogP contribution in [-0.4, -0.2) is 43.9 Å². The first-order chi connectivity index (χ1) is 8.79. The lowest BCUT2D eigenvalue weighted by atomic mass is 10.1. The molecule has 18 heavy (non-hydrogen) atoms. The molecule has 1 heterocycles. The van der Waals surface area contributed by atoms with Crippen molar-refractivity contribution >= 4 is 5.78 Å². The molecule has 0 atom stereocenters. The summed E-state index contributed by atoms with van der Waals surface area (Å²) in [5.74, 6) is 0.156. The smallest absolute Gasteiger partial charge is 0.176 e. The highest BCUT2D eigenvalue weighted by Crippen LogP contribution is 2.10. The molecule has 0 spiro atoms. The van der Waals surface area contributed by atoms with Gasteiger partial charge in [0, 0.05) is 12.1 Å². The summed E-state index contributed by atoms with van der Waals surface area (Å²) < 4.78 is 0. The topological polar surface area (TPSA) is 32.3 Å². The fourth-order valence-electron chi connectivity index (χ4n) is 2.41. The SMILES string of the molecule is CNCC(=O)c1ccc(CCN2CCCC2)cc1. The lowest BCUT2D eigenvalue weighted by molar-refractivity contribution is 0.0993. The minimum absolute atomic E-state index is 0.156. The van der Waals surface area contributed by atoms with Gasteiger partial charge in [0.15, 0.2) is 5.78 Å². The zero-order valence-electron chi connectivity index (χ0n) is 11.1. The number of Topliss-reactive ketones (excluding diaryl/α,β-unsaturated/α-hetero) is 1. The monoisotopic (exact) mass is 246 g/mol. The molecule has 2 rings (SSSR count). The van der Waals surface area contributed by atoms with Crippen LogP contribution < -0.4 is 5.32 Å². The molecule has 0 radical (unpaired) electrons. The van der Waals surface area contributed by atoms with Gasteiger partial charge in [0.05, 0.1) is 6.54 Å². The highest BCUT2D eigenvalue weighted by molar-refractivity contribution is 5.97. The van der Waals surface area contributed by atoms with Crippen molar-refractivity contribution in [2.75, 3.05) is 33.2 Å². The minimum Gasteiger partial charge on any atom is -0.313 e. The van der Waals surface area contributed by atoms with Crippen LogP contribution in [0.3, 0.4) is 0 Å². The third-order valence-electron chi connectivity index (χ3n) is 3.53. The summed E-state index contributed by atoms with van der Waals surface area (Å²) >= 11 is 0. The van der Waals surface area contributed by atoms with Gasteiger partial charge in [-0.05, 0) is 45.0 Å². The molecule has 1 aromatic rings. The first kappa shape index (κ1) is 13.2. The Morgan fingerprint density at radius 3 is 2.50 bits per heavy atom. The van der Waals surface area contributed by atoms with Gasteiger partial charge < -0.3 is 10.2 Å². The molecule has 3 nitrogen and oxygen atoms in total. The minimum atomic E-state index is 0.156. The van der Waals surface area contributed by atoms with Crippen molar-refractivity contribution in [2.24, 2.45) is 0 Å². The van der Waals surface area contributed by atoms with E-state index in [0.717, 1.165) is 18.5 Å². The fourth-order valence-corrected chi connectivity index (χ4v) is 2.41. The summed E-state index contributed by atoms with van der Waals surface area (Å²) in [4.78, 5) is 14.2. The summed E-state index contributed by atoms with van der Waals surface area (Å²) in [6.07, 6.45) is 3.77. The van der Waals surface area contributed by atoms with Gasteiger partial charge in [-0.25, -0.2) is 0 Å². The molecule has 0 aromatic heterocycles. The number of carbonyl (C=O) groups excluding carboxylic acids is 1. The van der Waals surface area contributed by atoms with Crippen LogP contribution in [0.15, 0.2) is 24.3 Å². The fraction of sp³-hybridized carbons (Fsp3) is 0.533. The second-order valence-electron chi connectivity index (χ2n) is 4.95. The number of hydrogen-bond donors (Lipinski definition) is 1. The maximum Gasteiger partial charge on any atom is 0.176 e. The molecule has 0 amide bonds. The summed E-state index contributed by atoms with van der Waals surface area (Å²) in [7, 11) is 1.79. The Bertz CT molecular complexity index is 380. The molecule has 0 unspecified atom stereocenters. The van der Waals surface area contributed by atoms with Crippen LogP contribution in [0.4, 0.5) is 0 Å². The maximum atomic E-state index is 11.7. The van der Waals surface area contributed by atoms with Crippen LogP contribution in [0.25, 0.3) is 0 Å². The normalized spacial score (nSPS) is 16.1. The average Bonchev–Trinajstić information content (AvgIpc) is 2.90. The van der Waals surface area contributed by atoms with Crippen molar-refractivity contribution in [1.29, 1.82) is 0 Å². The summed E-state index contributed by atoms with van der Waals surface area (Å²) in [6.45, 7) is 4.05. The zero-order valence-corrected chi connectivity index (χ0v) is 11.1. The summed E-state index contributed by atoms with van der Waals surface area (Å²) in [6, 6.07) is 8.05. The first-order valence-electron chi connectivity index (χ1n) is 6.78. The van der Waals surface area contributed by atoms with E-state index in [-0.39, 0.29) is 5.78 Å². The number of carbonyl (C=O) groups is 1. The van der Waals surface area contributed by atoms with Crippen LogP contribution in [0, 0.1) is 0 Å². The second-order valence-corrected chi connectivity index (χ2v) is 4.95. The van der Waals surface area contributed by atoms with Crippen molar-refractivity contribution < 1.29 is 4.79 Å². The number of benzene rings is 1. The molecule has 1 aromatic carbocycles. The third-order valence-corrected chi connectivity index (χ3v) is 3.53. The molecule has 1 aliphatic heterocycles. The number of rotatable bonds is 6. The molecule has 0 bridgehead atoms. The lowest BCUT2D eigenvalue weighted by Gasteiger charge is -2.14. The predicted octanol–water partition coefficient (Wildman–Crippen LogP) is 1.73. The predicted molar refractivity (Wildman–Crippen MR) is 74.1 cm³/mol. The zero-order chi connectivity index (χ0) is 12.8. The molecule has 98 valence electrons. The van der Waals surface area contributed by atoms with E-state index in [4.69, 9.17) is 0 Å². The van der Waals surface area contributed by atoms with Crippen LogP contribution in [0.1, 0.15) is 28.8 Å². The second kappa shape index (κ2) is 6.66. The Morgan fingerprint density at radius 2 is 1.89 bits per heavy atom. The van der Waals surface area contributed by atoms with Crippen molar-refractivity contribution in [3.8, 4) is 0 Å². The number of nitrogens with one attached hydrogen (secondary N) is 1. The van der Waals surface area contributed by atoms with Gasteiger partial charge in [-0.2, -0.15) is 0 Å². The van der Waals surface area contributed by atoms with E-state index in [1.807, 2.05) is 12.1 Å². The highest BCUT2D eigenvalue weighted by Gasteiger charge is 2.11. The van der Waals surface area contributed by atoms with Crippen molar-refractivity contribution in [2.45, 2.75) is 19.3 Å². The van der Waals surface area contributed by atoms with E-state index in [9.17, 15) is 4.79 Å². The van der Waals surface area contributed by atoms with Gasteiger partial charge in [-0.3, -0.25) is 4.79 Å². The van der Waals surface area contributed by atoms with Gasteiger partial charge in [-0.1, -0.05) is 24.3 Å². The number of ketones is 1. The van der Waals surface area contributed by atoms with Crippen molar-refractivity contribution in [1.82, 2.24) is 10.2 Å². The van der Waals surface area contributed by atoms with E-state index in [1.165, 1.54) is 31.5 Å². The van der Waals surface area contributed by atoms with Gasteiger partial charge in [0.25, 0.3) is 0 Å². The molecule has 1 saturated heterocycles. The molecule has 1 aliphatic rings. The van der Waals surface area contributed by atoms with Gasteiger partial charge >= 0.3 is 0 Å². The third kappa shape index (κ3) is 3.65. The highest BCUT2D eigenvalue weighted by atomic mass is 16.1. The summed E-state index contributed by atoms with van der Waals surface area (Å²) in [5.41, 5.74) is 2.12. The largest absolute Gasteiger partial charge is 0.313 e. The molecular weight excluding hydrogens is 224 g/mol. The van der Waals surface area contributed by atoms with Gasteiger partial charge in [0.1, 0.15) is 0 Å². The van der Waals surface area contributed by atoms with Gasteiger partial charge in [0.2, 0.25) is 0 Å². The number of hydrogen-bond acceptors (Lipinski definition) is 3. The average molecular weight is 246 g/mol. The standard InChI is InChI=1S/C15H22N2O/c1-16-12-15(18)14-6-4-13(5-7-14)8-11-17-9-2-3-10-17/h4-7,16H,2-3,8-12H2,1H3. The van der Waals surface area contributed by atoms with Gasteiger partial charge in [-0.15, -0.1) is 0 Å². The first-order valence-corrected chi connectivity index (χ1v) is 6.78. The van der Waals surface area contributed by atoms with Crippen LogP contribution in [-0.2, 0) is 6.42 Å². The Morgan fingerprint density at radius 1 is 1.22 bits per heavy atom. The summed E-state index contributed by atoms with van der Waals surface area (Å²) in [5, 5.41) is 2.89. The molecule has 1 fully saturated rings. The molecular formula is C15H22N2O. The van der Waals surface area contributed by atoms with Crippen LogP contribution >= 0.6 is 0 Å². The van der Waals surface area contributed by atoms with E-state index < -0.39 is 0 Å². The Balaban J connectivity index is 1.85. The number of likely N-dealkylation sites (tertiary alicyclic amines) is 1. The van der Waals surface area contributed by atoms with Crippen molar-refractivity contribution in [3.05, 3.63) is 35.4 Å². The molecule has 1 N–H and O–H groups in total. The van der Waals surface area contributed by atoms with E-state index in [1.54, 1.807) is 7.05 Å². The van der Waals surface area contributed by atoms with Crippen LogP contribution in [0.2, 0.25) is 0 Å². The van der Waals surface area contributed by atoms with E-state index in [2.05, 4.69) is 22.3 Å². The quantitative estimate of drug-likeness (QED) is 0.776. The van der Waals surface area contributed by atoms with Crippen LogP contribution in [0.5, 0.6) is 0 Å². The van der Waals surface area contributed by atoms with Crippen molar-refractivity contribution in [3.63, 3.8) is 0 Å².